The Morgan fingerprint density at radius 3 is 2.47 bits per heavy atom. The van der Waals surface area contributed by atoms with Gasteiger partial charge in [0.25, 0.3) is 0 Å². The zero-order valence-electron chi connectivity index (χ0n) is 12.1. The molecule has 2 aliphatic rings. The lowest BCUT2D eigenvalue weighted by molar-refractivity contribution is 0.220. The molecule has 0 aliphatic heterocycles. The molecule has 0 bridgehead atoms. The summed E-state index contributed by atoms with van der Waals surface area (Å²) in [5.41, 5.74) is 0.692. The monoisotopic (exact) mass is 237 g/mol. The summed E-state index contributed by atoms with van der Waals surface area (Å²) in [5, 5.41) is 3.74. The first-order valence-electron chi connectivity index (χ1n) is 7.86. The predicted octanol–water partition coefficient (Wildman–Crippen LogP) is 4.23. The van der Waals surface area contributed by atoms with Gasteiger partial charge < -0.3 is 5.32 Å². The van der Waals surface area contributed by atoms with Crippen molar-refractivity contribution in [2.24, 2.45) is 23.2 Å². The molecule has 0 amide bonds. The first-order chi connectivity index (χ1) is 8.15. The fraction of sp³-hybridized carbons (Fsp3) is 1.00. The van der Waals surface area contributed by atoms with Crippen LogP contribution in [-0.2, 0) is 0 Å². The van der Waals surface area contributed by atoms with Gasteiger partial charge in [-0.1, -0.05) is 40.0 Å². The van der Waals surface area contributed by atoms with Crippen LogP contribution in [0.2, 0.25) is 0 Å². The average Bonchev–Trinajstić information content (AvgIpc) is 2.87. The van der Waals surface area contributed by atoms with E-state index in [0.717, 1.165) is 17.8 Å². The molecular weight excluding hydrogens is 206 g/mol. The van der Waals surface area contributed by atoms with Crippen LogP contribution in [0.5, 0.6) is 0 Å². The number of fused-ring (bicyclic) bond motifs is 1. The van der Waals surface area contributed by atoms with Crippen molar-refractivity contribution in [1.82, 2.24) is 5.32 Å². The van der Waals surface area contributed by atoms with E-state index < -0.39 is 0 Å². The molecule has 2 fully saturated rings. The molecule has 2 atom stereocenters. The highest BCUT2D eigenvalue weighted by molar-refractivity contribution is 5.04. The quantitative estimate of drug-likeness (QED) is 0.623. The summed E-state index contributed by atoms with van der Waals surface area (Å²) < 4.78 is 0. The zero-order chi connectivity index (χ0) is 12.3. The van der Waals surface area contributed by atoms with E-state index in [1.165, 1.54) is 51.6 Å². The molecule has 2 aliphatic carbocycles. The van der Waals surface area contributed by atoms with Gasteiger partial charge in [-0.2, -0.15) is 0 Å². The van der Waals surface area contributed by atoms with E-state index in [0.29, 0.717) is 5.41 Å². The van der Waals surface area contributed by atoms with Gasteiger partial charge in [-0.3, -0.25) is 0 Å². The van der Waals surface area contributed by atoms with Crippen molar-refractivity contribution < 1.29 is 0 Å². The second-order valence-corrected chi connectivity index (χ2v) is 7.15. The first-order valence-corrected chi connectivity index (χ1v) is 7.86. The van der Waals surface area contributed by atoms with Crippen LogP contribution in [0.3, 0.4) is 0 Å². The molecule has 0 radical (unpaired) electrons. The van der Waals surface area contributed by atoms with Crippen molar-refractivity contribution in [2.45, 2.75) is 65.7 Å². The van der Waals surface area contributed by atoms with Crippen molar-refractivity contribution in [3.8, 4) is 0 Å². The SMILES string of the molecule is CCCCCC1(CNCC(C)C)CC2CC2C1. The van der Waals surface area contributed by atoms with Crippen LogP contribution in [0, 0.1) is 23.2 Å². The smallest absolute Gasteiger partial charge is 0.000813 e. The van der Waals surface area contributed by atoms with E-state index in [1.807, 2.05) is 0 Å². The van der Waals surface area contributed by atoms with Crippen LogP contribution in [0.1, 0.15) is 65.7 Å². The Morgan fingerprint density at radius 2 is 1.88 bits per heavy atom. The molecule has 1 heteroatoms. The van der Waals surface area contributed by atoms with Gasteiger partial charge in [0.15, 0.2) is 0 Å². The van der Waals surface area contributed by atoms with Crippen LogP contribution in [0.25, 0.3) is 0 Å². The Kier molecular flexibility index (Phi) is 4.52. The van der Waals surface area contributed by atoms with Crippen LogP contribution in [0.15, 0.2) is 0 Å². The Bertz CT molecular complexity index is 224. The summed E-state index contributed by atoms with van der Waals surface area (Å²) in [7, 11) is 0. The van der Waals surface area contributed by atoms with E-state index in [2.05, 4.69) is 26.1 Å². The number of rotatable bonds is 8. The van der Waals surface area contributed by atoms with E-state index >= 15 is 0 Å². The summed E-state index contributed by atoms with van der Waals surface area (Å²) in [6.07, 6.45) is 10.4. The van der Waals surface area contributed by atoms with Gasteiger partial charge in [0.2, 0.25) is 0 Å². The average molecular weight is 237 g/mol. The van der Waals surface area contributed by atoms with E-state index in [-0.39, 0.29) is 0 Å². The zero-order valence-corrected chi connectivity index (χ0v) is 12.1. The Balaban J connectivity index is 1.76. The molecule has 0 saturated heterocycles. The molecule has 17 heavy (non-hydrogen) atoms. The highest BCUT2D eigenvalue weighted by atomic mass is 14.9. The molecule has 2 rings (SSSR count). The third-order valence-corrected chi connectivity index (χ3v) is 4.82. The lowest BCUT2D eigenvalue weighted by atomic mass is 9.78. The van der Waals surface area contributed by atoms with Crippen LogP contribution in [0.4, 0.5) is 0 Å². The van der Waals surface area contributed by atoms with Crippen LogP contribution in [-0.4, -0.2) is 13.1 Å². The van der Waals surface area contributed by atoms with Crippen LogP contribution >= 0.6 is 0 Å². The molecular formula is C16H31N. The fourth-order valence-corrected chi connectivity index (χ4v) is 3.82. The van der Waals surface area contributed by atoms with Crippen molar-refractivity contribution >= 4 is 0 Å². The molecule has 2 unspecified atom stereocenters. The van der Waals surface area contributed by atoms with Gasteiger partial charge in [0.1, 0.15) is 0 Å². The van der Waals surface area contributed by atoms with Crippen molar-refractivity contribution in [3.63, 3.8) is 0 Å². The van der Waals surface area contributed by atoms with Gasteiger partial charge in [-0.25, -0.2) is 0 Å². The van der Waals surface area contributed by atoms with E-state index in [4.69, 9.17) is 0 Å². The molecule has 0 spiro atoms. The Morgan fingerprint density at radius 1 is 1.18 bits per heavy atom. The molecule has 0 heterocycles. The number of nitrogens with one attached hydrogen (secondary N) is 1. The molecule has 0 aromatic heterocycles. The second-order valence-electron chi connectivity index (χ2n) is 7.15. The van der Waals surface area contributed by atoms with Gasteiger partial charge in [-0.15, -0.1) is 0 Å². The molecule has 1 nitrogen and oxygen atoms in total. The minimum absolute atomic E-state index is 0.692. The molecule has 2 saturated carbocycles. The van der Waals surface area contributed by atoms with Gasteiger partial charge >= 0.3 is 0 Å². The Labute approximate surface area is 108 Å². The normalized spacial score (nSPS) is 35.3. The second kappa shape index (κ2) is 5.73. The van der Waals surface area contributed by atoms with Gasteiger partial charge in [0, 0.05) is 6.54 Å². The minimum Gasteiger partial charge on any atom is -0.316 e. The lowest BCUT2D eigenvalue weighted by Gasteiger charge is -2.32. The topological polar surface area (TPSA) is 12.0 Å². The maximum absolute atomic E-state index is 3.74. The molecule has 0 aromatic carbocycles. The maximum atomic E-state index is 3.74. The third kappa shape index (κ3) is 3.71. The number of unbranched alkanes of at least 4 members (excludes halogenated alkanes) is 2. The minimum atomic E-state index is 0.692. The summed E-state index contributed by atoms with van der Waals surface area (Å²) in [6, 6.07) is 0. The molecule has 0 aromatic rings. The largest absolute Gasteiger partial charge is 0.316 e. The van der Waals surface area contributed by atoms with Crippen LogP contribution < -0.4 is 5.32 Å². The standard InChI is InChI=1S/C16H31N/c1-4-5-6-7-16(12-17-11-13(2)3)9-14-8-15(14)10-16/h13-15,17H,4-12H2,1-3H3. The Hall–Kier alpha value is -0.0400. The summed E-state index contributed by atoms with van der Waals surface area (Å²) in [4.78, 5) is 0. The molecule has 1 N–H and O–H groups in total. The van der Waals surface area contributed by atoms with E-state index in [1.54, 1.807) is 6.42 Å². The van der Waals surface area contributed by atoms with Crippen molar-refractivity contribution in [3.05, 3.63) is 0 Å². The third-order valence-electron chi connectivity index (χ3n) is 4.82. The van der Waals surface area contributed by atoms with E-state index in [9.17, 15) is 0 Å². The predicted molar refractivity (Wildman–Crippen MR) is 75.1 cm³/mol. The fourth-order valence-electron chi connectivity index (χ4n) is 3.82. The summed E-state index contributed by atoms with van der Waals surface area (Å²) >= 11 is 0. The summed E-state index contributed by atoms with van der Waals surface area (Å²) in [5.74, 6) is 3.04. The van der Waals surface area contributed by atoms with Gasteiger partial charge in [0.05, 0.1) is 0 Å². The first kappa shape index (κ1) is 13.4. The number of hydrogen-bond donors (Lipinski definition) is 1. The highest BCUT2D eigenvalue weighted by Crippen LogP contribution is 2.61. The van der Waals surface area contributed by atoms with Crippen molar-refractivity contribution in [2.75, 3.05) is 13.1 Å². The van der Waals surface area contributed by atoms with Crippen molar-refractivity contribution in [1.29, 1.82) is 0 Å². The molecule has 100 valence electrons. The number of hydrogen-bond acceptors (Lipinski definition) is 1. The van der Waals surface area contributed by atoms with Gasteiger partial charge in [-0.05, 0) is 55.4 Å². The maximum Gasteiger partial charge on any atom is 0.000813 e. The summed E-state index contributed by atoms with van der Waals surface area (Å²) in [6.45, 7) is 9.42. The highest BCUT2D eigenvalue weighted by Gasteiger charge is 2.52. The lowest BCUT2D eigenvalue weighted by Crippen LogP contribution is -2.35.